The van der Waals surface area contributed by atoms with Gasteiger partial charge in [0, 0.05) is 17.3 Å². The van der Waals surface area contributed by atoms with E-state index in [0.29, 0.717) is 18.2 Å². The molecule has 0 aliphatic carbocycles. The molecule has 1 atom stereocenters. The average Bonchev–Trinajstić information content (AvgIpc) is 2.69. The first-order valence-corrected chi connectivity index (χ1v) is 6.69. The second kappa shape index (κ2) is 6.81. The van der Waals surface area contributed by atoms with Gasteiger partial charge in [-0.15, -0.1) is 11.3 Å². The molecule has 0 N–H and O–H groups in total. The van der Waals surface area contributed by atoms with Gasteiger partial charge in [0.25, 0.3) is 0 Å². The van der Waals surface area contributed by atoms with Crippen molar-refractivity contribution in [1.29, 1.82) is 0 Å². The highest BCUT2D eigenvalue weighted by atomic mass is 32.1. The summed E-state index contributed by atoms with van der Waals surface area (Å²) in [5, 5.41) is 2.12. The Bertz CT molecular complexity index is 308. The molecule has 0 spiro atoms. The van der Waals surface area contributed by atoms with E-state index in [-0.39, 0.29) is 0 Å². The van der Waals surface area contributed by atoms with Crippen molar-refractivity contribution in [3.05, 3.63) is 22.4 Å². The van der Waals surface area contributed by atoms with Gasteiger partial charge in [-0.25, -0.2) is 0 Å². The van der Waals surface area contributed by atoms with Gasteiger partial charge in [-0.3, -0.25) is 0 Å². The van der Waals surface area contributed by atoms with Crippen LogP contribution in [0.2, 0.25) is 0 Å². The molecule has 1 heterocycles. The van der Waals surface area contributed by atoms with Gasteiger partial charge in [0.15, 0.2) is 0 Å². The van der Waals surface area contributed by atoms with Gasteiger partial charge in [-0.2, -0.15) is 0 Å². The van der Waals surface area contributed by atoms with Crippen LogP contribution in [-0.2, 0) is 11.2 Å². The highest BCUT2D eigenvalue weighted by Crippen LogP contribution is 2.13. The standard InChI is InChI=1S/C13H21NOS/c1-11(10-13-7-5-9-16-13)14(3)8-4-6-12(2)15/h5,7,9,11H,4,6,8,10H2,1-3H3. The molecule has 0 fully saturated rings. The largest absolute Gasteiger partial charge is 0.303 e. The van der Waals surface area contributed by atoms with Gasteiger partial charge in [0.2, 0.25) is 0 Å². The second-order valence-corrected chi connectivity index (χ2v) is 5.45. The number of ketones is 1. The van der Waals surface area contributed by atoms with Gasteiger partial charge in [-0.05, 0) is 51.7 Å². The van der Waals surface area contributed by atoms with Crippen LogP contribution in [0.1, 0.15) is 31.6 Å². The third kappa shape index (κ3) is 4.90. The van der Waals surface area contributed by atoms with Crippen molar-refractivity contribution in [3.63, 3.8) is 0 Å². The van der Waals surface area contributed by atoms with Crippen LogP contribution >= 0.6 is 11.3 Å². The van der Waals surface area contributed by atoms with Crippen LogP contribution in [-0.4, -0.2) is 30.3 Å². The molecule has 0 amide bonds. The number of carbonyl (C=O) groups excluding carboxylic acids is 1. The molecule has 0 radical (unpaired) electrons. The molecule has 1 unspecified atom stereocenters. The van der Waals surface area contributed by atoms with E-state index in [1.54, 1.807) is 6.92 Å². The fraction of sp³-hybridized carbons (Fsp3) is 0.615. The Balaban J connectivity index is 2.25. The number of hydrogen-bond acceptors (Lipinski definition) is 3. The molecular weight excluding hydrogens is 218 g/mol. The molecule has 0 bridgehead atoms. The van der Waals surface area contributed by atoms with Crippen molar-refractivity contribution in [3.8, 4) is 0 Å². The van der Waals surface area contributed by atoms with Gasteiger partial charge in [-0.1, -0.05) is 6.07 Å². The van der Waals surface area contributed by atoms with Crippen molar-refractivity contribution in [1.82, 2.24) is 4.90 Å². The number of thiophene rings is 1. The molecule has 0 aliphatic heterocycles. The lowest BCUT2D eigenvalue weighted by molar-refractivity contribution is -0.117. The molecule has 1 aromatic heterocycles. The van der Waals surface area contributed by atoms with Crippen LogP contribution < -0.4 is 0 Å². The summed E-state index contributed by atoms with van der Waals surface area (Å²) in [6, 6.07) is 4.83. The van der Waals surface area contributed by atoms with Crippen molar-refractivity contribution in [2.24, 2.45) is 0 Å². The predicted octanol–water partition coefficient (Wildman–Crippen LogP) is 2.98. The molecule has 1 aromatic rings. The van der Waals surface area contributed by atoms with E-state index in [1.165, 1.54) is 4.88 Å². The minimum Gasteiger partial charge on any atom is -0.303 e. The fourth-order valence-corrected chi connectivity index (χ4v) is 2.50. The van der Waals surface area contributed by atoms with Gasteiger partial charge < -0.3 is 9.69 Å². The van der Waals surface area contributed by atoms with E-state index >= 15 is 0 Å². The summed E-state index contributed by atoms with van der Waals surface area (Å²) in [4.78, 5) is 14.6. The molecule has 0 aromatic carbocycles. The minimum absolute atomic E-state index is 0.291. The zero-order valence-electron chi connectivity index (χ0n) is 10.4. The molecule has 0 aliphatic rings. The maximum Gasteiger partial charge on any atom is 0.129 e. The number of carbonyl (C=O) groups is 1. The van der Waals surface area contributed by atoms with Crippen LogP contribution in [0.15, 0.2) is 17.5 Å². The highest BCUT2D eigenvalue weighted by molar-refractivity contribution is 7.09. The highest BCUT2D eigenvalue weighted by Gasteiger charge is 2.10. The van der Waals surface area contributed by atoms with E-state index in [4.69, 9.17) is 0 Å². The first-order valence-electron chi connectivity index (χ1n) is 5.81. The molecule has 0 saturated carbocycles. The maximum absolute atomic E-state index is 10.8. The molecule has 16 heavy (non-hydrogen) atoms. The normalized spacial score (nSPS) is 13.0. The number of likely N-dealkylation sites (N-methyl/N-ethyl adjacent to an activating group) is 1. The third-order valence-corrected chi connectivity index (χ3v) is 3.77. The lowest BCUT2D eigenvalue weighted by Gasteiger charge is -2.24. The zero-order chi connectivity index (χ0) is 12.0. The number of Topliss-reactive ketones (excluding diaryl/α,β-unsaturated/α-hetero) is 1. The third-order valence-electron chi connectivity index (χ3n) is 2.87. The summed E-state index contributed by atoms with van der Waals surface area (Å²) in [5.74, 6) is 0.291. The first-order chi connectivity index (χ1) is 7.59. The molecule has 1 rings (SSSR count). The topological polar surface area (TPSA) is 20.3 Å². The summed E-state index contributed by atoms with van der Waals surface area (Å²) in [6.07, 6.45) is 2.78. The van der Waals surface area contributed by atoms with Crippen LogP contribution in [0.5, 0.6) is 0 Å². The Morgan fingerprint density at radius 2 is 2.31 bits per heavy atom. The lowest BCUT2D eigenvalue weighted by atomic mass is 10.1. The maximum atomic E-state index is 10.8. The number of nitrogens with zero attached hydrogens (tertiary/aromatic N) is 1. The van der Waals surface area contributed by atoms with Gasteiger partial charge in [0.1, 0.15) is 5.78 Å². The van der Waals surface area contributed by atoms with Crippen LogP contribution in [0.25, 0.3) is 0 Å². The monoisotopic (exact) mass is 239 g/mol. The molecule has 90 valence electrons. The Hall–Kier alpha value is -0.670. The summed E-state index contributed by atoms with van der Waals surface area (Å²) in [6.45, 7) is 4.91. The van der Waals surface area contributed by atoms with E-state index in [0.717, 1.165) is 19.4 Å². The smallest absolute Gasteiger partial charge is 0.129 e. The minimum atomic E-state index is 0.291. The van der Waals surface area contributed by atoms with E-state index < -0.39 is 0 Å². The molecule has 3 heteroatoms. The van der Waals surface area contributed by atoms with Crippen molar-refractivity contribution in [2.45, 2.75) is 39.2 Å². The van der Waals surface area contributed by atoms with Crippen molar-refractivity contribution >= 4 is 17.1 Å². The van der Waals surface area contributed by atoms with E-state index in [1.807, 2.05) is 11.3 Å². The van der Waals surface area contributed by atoms with Crippen LogP contribution in [0, 0.1) is 0 Å². The quantitative estimate of drug-likeness (QED) is 0.729. The van der Waals surface area contributed by atoms with E-state index in [9.17, 15) is 4.79 Å². The Kier molecular flexibility index (Phi) is 5.71. The van der Waals surface area contributed by atoms with E-state index in [2.05, 4.69) is 36.4 Å². The number of rotatable bonds is 7. The summed E-state index contributed by atoms with van der Waals surface area (Å²) >= 11 is 1.82. The predicted molar refractivity (Wildman–Crippen MR) is 70.0 cm³/mol. The first kappa shape index (κ1) is 13.4. The van der Waals surface area contributed by atoms with Crippen LogP contribution in [0.4, 0.5) is 0 Å². The van der Waals surface area contributed by atoms with Gasteiger partial charge in [0.05, 0.1) is 0 Å². The summed E-state index contributed by atoms with van der Waals surface area (Å²) in [7, 11) is 2.14. The molecule has 2 nitrogen and oxygen atoms in total. The zero-order valence-corrected chi connectivity index (χ0v) is 11.2. The molecule has 0 saturated heterocycles. The van der Waals surface area contributed by atoms with Crippen LogP contribution in [0.3, 0.4) is 0 Å². The second-order valence-electron chi connectivity index (χ2n) is 4.42. The van der Waals surface area contributed by atoms with Crippen molar-refractivity contribution < 1.29 is 4.79 Å². The van der Waals surface area contributed by atoms with Crippen molar-refractivity contribution in [2.75, 3.05) is 13.6 Å². The lowest BCUT2D eigenvalue weighted by Crippen LogP contribution is -2.31. The summed E-state index contributed by atoms with van der Waals surface area (Å²) < 4.78 is 0. The number of hydrogen-bond donors (Lipinski definition) is 0. The SMILES string of the molecule is CC(=O)CCCN(C)C(C)Cc1cccs1. The Labute approximate surface area is 102 Å². The Morgan fingerprint density at radius 1 is 1.56 bits per heavy atom. The fourth-order valence-electron chi connectivity index (χ4n) is 1.67. The Morgan fingerprint density at radius 3 is 2.88 bits per heavy atom. The molecular formula is C13H21NOS. The van der Waals surface area contributed by atoms with Gasteiger partial charge >= 0.3 is 0 Å². The average molecular weight is 239 g/mol. The summed E-state index contributed by atoms with van der Waals surface area (Å²) in [5.41, 5.74) is 0.